The first-order chi connectivity index (χ1) is 14.2. The van der Waals surface area contributed by atoms with Crippen LogP contribution in [0.15, 0.2) is 35.7 Å². The molecule has 0 aromatic heterocycles. The molecule has 0 radical (unpaired) electrons. The number of hydrogen-bond donors (Lipinski definition) is 4. The van der Waals surface area contributed by atoms with Gasteiger partial charge in [0.2, 0.25) is 11.8 Å². The van der Waals surface area contributed by atoms with Gasteiger partial charge in [0.1, 0.15) is 29.8 Å². The number of amides is 2. The average Bonchev–Trinajstić information content (AvgIpc) is 2.69. The van der Waals surface area contributed by atoms with E-state index in [0.29, 0.717) is 11.1 Å². The number of β-lactam (4-membered cyclic amide) rings is 1. The molecule has 0 bridgehead atoms. The van der Waals surface area contributed by atoms with Gasteiger partial charge in [-0.3, -0.25) is 19.3 Å². The first-order valence-electron chi connectivity index (χ1n) is 8.74. The number of esters is 1. The molecule has 3 atom stereocenters. The molecule has 30 heavy (non-hydrogen) atoms. The average molecular weight is 437 g/mol. The van der Waals surface area contributed by atoms with Crippen molar-refractivity contribution in [3.63, 3.8) is 0 Å². The predicted molar refractivity (Wildman–Crippen MR) is 103 cm³/mol. The van der Waals surface area contributed by atoms with Crippen molar-refractivity contribution >= 4 is 35.7 Å². The second-order valence-electron chi connectivity index (χ2n) is 6.52. The van der Waals surface area contributed by atoms with Crippen LogP contribution < -0.4 is 11.1 Å². The van der Waals surface area contributed by atoms with E-state index in [1.807, 2.05) is 0 Å². The number of fused-ring (bicyclic) bond motifs is 1. The fourth-order valence-corrected chi connectivity index (χ4v) is 4.28. The van der Waals surface area contributed by atoms with E-state index >= 15 is 0 Å². The summed E-state index contributed by atoms with van der Waals surface area (Å²) in [7, 11) is 0. The van der Waals surface area contributed by atoms with Crippen LogP contribution in [-0.4, -0.2) is 62.8 Å². The molecule has 2 aliphatic heterocycles. The van der Waals surface area contributed by atoms with Gasteiger partial charge in [0, 0.05) is 18.2 Å². The van der Waals surface area contributed by atoms with Crippen LogP contribution in [0.25, 0.3) is 0 Å². The van der Waals surface area contributed by atoms with Gasteiger partial charge in [-0.15, -0.1) is 11.8 Å². The van der Waals surface area contributed by atoms with Crippen LogP contribution in [-0.2, 0) is 23.9 Å². The summed E-state index contributed by atoms with van der Waals surface area (Å²) >= 11 is 1.26. The lowest BCUT2D eigenvalue weighted by molar-refractivity contribution is -0.149. The maximum atomic E-state index is 12.6. The van der Waals surface area contributed by atoms with Crippen molar-refractivity contribution in [1.82, 2.24) is 10.2 Å². The second-order valence-corrected chi connectivity index (χ2v) is 7.63. The Hall–Kier alpha value is -3.25. The van der Waals surface area contributed by atoms with Gasteiger partial charge in [0.25, 0.3) is 5.91 Å². The van der Waals surface area contributed by atoms with E-state index in [1.54, 1.807) is 0 Å². The number of aromatic hydroxyl groups is 1. The van der Waals surface area contributed by atoms with Gasteiger partial charge in [-0.1, -0.05) is 12.1 Å². The predicted octanol–water partition coefficient (Wildman–Crippen LogP) is 0.261. The first kappa shape index (κ1) is 21.5. The Labute approximate surface area is 174 Å². The van der Waals surface area contributed by atoms with Crippen molar-refractivity contribution in [3.8, 4) is 5.75 Å². The Bertz CT molecular complexity index is 917. The topological polar surface area (TPSA) is 168 Å². The number of carbonyl (C=O) groups excluding carboxylic acids is 3. The van der Waals surface area contributed by atoms with Crippen LogP contribution >= 0.6 is 11.8 Å². The minimum absolute atomic E-state index is 0.0251. The van der Waals surface area contributed by atoms with Gasteiger partial charge in [-0.2, -0.15) is 0 Å². The standard InChI is InChI=1S/C18H19N3O8S/c1-8(22)28-6-10-7-30-17-13(15(25)21(17)16(10)29-18(26)27)20-14(24)12(19)9-2-4-11(23)5-3-9/h2-5,12-13,17,23H,6-7,19H2,1H3,(H,20,24)(H,26,27)/t12?,13?,17-/m0/s1. The second kappa shape index (κ2) is 8.63. The van der Waals surface area contributed by atoms with Gasteiger partial charge in [0.15, 0.2) is 0 Å². The number of rotatable bonds is 6. The third kappa shape index (κ3) is 4.33. The van der Waals surface area contributed by atoms with E-state index in [-0.39, 0.29) is 24.0 Å². The molecule has 0 aliphatic carbocycles. The Morgan fingerprint density at radius 1 is 1.33 bits per heavy atom. The van der Waals surface area contributed by atoms with Gasteiger partial charge in [0.05, 0.1) is 0 Å². The molecule has 3 rings (SSSR count). The van der Waals surface area contributed by atoms with Crippen LogP contribution in [0.3, 0.4) is 0 Å². The molecule has 1 saturated heterocycles. The minimum Gasteiger partial charge on any atom is -0.508 e. The summed E-state index contributed by atoms with van der Waals surface area (Å²) in [4.78, 5) is 48.3. The van der Waals surface area contributed by atoms with Crippen LogP contribution in [0.1, 0.15) is 18.5 Å². The molecule has 1 aromatic carbocycles. The van der Waals surface area contributed by atoms with Crippen LogP contribution in [0.2, 0.25) is 0 Å². The summed E-state index contributed by atoms with van der Waals surface area (Å²) in [5.41, 5.74) is 6.70. The van der Waals surface area contributed by atoms with Gasteiger partial charge in [-0.05, 0) is 17.7 Å². The summed E-state index contributed by atoms with van der Waals surface area (Å²) < 4.78 is 9.65. The largest absolute Gasteiger partial charge is 0.512 e. The molecule has 0 saturated carbocycles. The van der Waals surface area contributed by atoms with Gasteiger partial charge < -0.3 is 30.7 Å². The summed E-state index contributed by atoms with van der Waals surface area (Å²) in [6, 6.07) is 3.78. The SMILES string of the molecule is CC(=O)OCC1=C(OC(=O)O)N2C(=O)C(NC(=O)C(N)c3ccc(O)cc3)[C@@H]2SC1. The van der Waals surface area contributed by atoms with Crippen molar-refractivity contribution in [2.24, 2.45) is 5.73 Å². The molecule has 5 N–H and O–H groups in total. The molecule has 1 aromatic rings. The number of benzene rings is 1. The smallest absolute Gasteiger partial charge is 0.508 e. The van der Waals surface area contributed by atoms with Crippen molar-refractivity contribution < 1.29 is 38.9 Å². The number of phenols is 1. The zero-order valence-electron chi connectivity index (χ0n) is 15.7. The molecule has 2 aliphatic rings. The molecule has 1 fully saturated rings. The molecule has 2 heterocycles. The van der Waals surface area contributed by atoms with Crippen molar-refractivity contribution in [2.45, 2.75) is 24.4 Å². The molecular weight excluding hydrogens is 418 g/mol. The third-order valence-corrected chi connectivity index (χ3v) is 5.80. The van der Waals surface area contributed by atoms with E-state index in [4.69, 9.17) is 20.3 Å². The monoisotopic (exact) mass is 437 g/mol. The Balaban J connectivity index is 1.72. The molecular formula is C18H19N3O8S. The molecule has 160 valence electrons. The molecule has 12 heteroatoms. The Kier molecular flexibility index (Phi) is 6.17. The fraction of sp³-hybridized carbons (Fsp3) is 0.333. The van der Waals surface area contributed by atoms with Gasteiger partial charge >= 0.3 is 12.1 Å². The number of nitrogens with two attached hydrogens (primary N) is 1. The zero-order chi connectivity index (χ0) is 22.0. The highest BCUT2D eigenvalue weighted by atomic mass is 32.2. The number of ether oxygens (including phenoxy) is 2. The number of nitrogens with one attached hydrogen (secondary N) is 1. The number of nitrogens with zero attached hydrogens (tertiary/aromatic N) is 1. The fourth-order valence-electron chi connectivity index (χ4n) is 2.97. The van der Waals surface area contributed by atoms with E-state index < -0.39 is 41.4 Å². The van der Waals surface area contributed by atoms with E-state index in [1.165, 1.54) is 43.0 Å². The van der Waals surface area contributed by atoms with E-state index in [2.05, 4.69) is 5.32 Å². The molecule has 11 nitrogen and oxygen atoms in total. The number of carbonyl (C=O) groups is 4. The highest BCUT2D eigenvalue weighted by Gasteiger charge is 2.54. The lowest BCUT2D eigenvalue weighted by atomic mass is 10.0. The molecule has 2 unspecified atom stereocenters. The lowest BCUT2D eigenvalue weighted by Crippen LogP contribution is -2.70. The number of hydrogen-bond acceptors (Lipinski definition) is 9. The normalized spacial score (nSPS) is 21.3. The molecule has 2 amide bonds. The maximum Gasteiger partial charge on any atom is 0.512 e. The quantitative estimate of drug-likeness (QED) is 0.358. The Morgan fingerprint density at radius 2 is 2.00 bits per heavy atom. The number of carboxylic acid groups (broad SMARTS) is 1. The summed E-state index contributed by atoms with van der Waals surface area (Å²) in [6.07, 6.45) is -1.62. The maximum absolute atomic E-state index is 12.6. The zero-order valence-corrected chi connectivity index (χ0v) is 16.5. The summed E-state index contributed by atoms with van der Waals surface area (Å²) in [5.74, 6) is -1.69. The first-order valence-corrected chi connectivity index (χ1v) is 9.79. The highest BCUT2D eigenvalue weighted by molar-refractivity contribution is 8.00. The van der Waals surface area contributed by atoms with Crippen LogP contribution in [0.5, 0.6) is 5.75 Å². The van der Waals surface area contributed by atoms with E-state index in [0.717, 1.165) is 4.90 Å². The van der Waals surface area contributed by atoms with Crippen molar-refractivity contribution in [2.75, 3.05) is 12.4 Å². The number of thioether (sulfide) groups is 1. The highest BCUT2D eigenvalue weighted by Crippen LogP contribution is 2.40. The number of phenolic OH excluding ortho intramolecular Hbond substituents is 1. The molecule has 0 spiro atoms. The van der Waals surface area contributed by atoms with Crippen molar-refractivity contribution in [1.29, 1.82) is 0 Å². The lowest BCUT2D eigenvalue weighted by Gasteiger charge is -2.49. The summed E-state index contributed by atoms with van der Waals surface area (Å²) in [5, 5.41) is 20.3. The van der Waals surface area contributed by atoms with E-state index in [9.17, 15) is 24.3 Å². The Morgan fingerprint density at radius 3 is 2.60 bits per heavy atom. The van der Waals surface area contributed by atoms with Crippen LogP contribution in [0.4, 0.5) is 4.79 Å². The third-order valence-electron chi connectivity index (χ3n) is 4.46. The van der Waals surface area contributed by atoms with Crippen molar-refractivity contribution in [3.05, 3.63) is 41.3 Å². The van der Waals surface area contributed by atoms with Gasteiger partial charge in [-0.25, -0.2) is 4.79 Å². The van der Waals surface area contributed by atoms with Crippen LogP contribution in [0, 0.1) is 0 Å². The minimum atomic E-state index is -1.62. The summed E-state index contributed by atoms with van der Waals surface area (Å²) in [6.45, 7) is 0.985.